The van der Waals surface area contributed by atoms with E-state index in [1.165, 1.54) is 6.42 Å². The molecule has 0 radical (unpaired) electrons. The lowest BCUT2D eigenvalue weighted by atomic mass is 9.84. The van der Waals surface area contributed by atoms with E-state index in [2.05, 4.69) is 32.7 Å². The molecular weight excluding hydrogens is 240 g/mol. The highest BCUT2D eigenvalue weighted by Gasteiger charge is 2.45. The van der Waals surface area contributed by atoms with Gasteiger partial charge in [0.05, 0.1) is 13.2 Å². The summed E-state index contributed by atoms with van der Waals surface area (Å²) in [5.74, 6) is 0.372. The molecule has 1 saturated carbocycles. The first-order valence-electron chi connectivity index (χ1n) is 7.69. The smallest absolute Gasteiger partial charge is 0.170 e. The molecule has 1 aliphatic heterocycles. The Hall–Kier alpha value is -0.160. The fourth-order valence-corrected chi connectivity index (χ4v) is 3.53. The summed E-state index contributed by atoms with van der Waals surface area (Å²) in [7, 11) is 2.20. The molecule has 0 aromatic heterocycles. The fraction of sp³-hybridized carbons (Fsp3) is 1.00. The van der Waals surface area contributed by atoms with E-state index in [0.29, 0.717) is 18.0 Å². The van der Waals surface area contributed by atoms with E-state index in [-0.39, 0.29) is 11.8 Å². The summed E-state index contributed by atoms with van der Waals surface area (Å²) in [5.41, 5.74) is 6.35. The molecule has 2 aliphatic rings. The van der Waals surface area contributed by atoms with Crippen molar-refractivity contribution in [2.75, 3.05) is 20.3 Å². The molecule has 0 bridgehead atoms. The van der Waals surface area contributed by atoms with Gasteiger partial charge in [0, 0.05) is 31.0 Å². The van der Waals surface area contributed by atoms with Crippen LogP contribution >= 0.6 is 0 Å². The number of hydrogen-bond acceptors (Lipinski definition) is 4. The third kappa shape index (κ3) is 3.48. The number of likely N-dealkylation sites (N-methyl/N-ethyl adjacent to an activating group) is 1. The highest BCUT2D eigenvalue weighted by molar-refractivity contribution is 4.95. The molecule has 1 spiro atoms. The largest absolute Gasteiger partial charge is 0.347 e. The van der Waals surface area contributed by atoms with Crippen LogP contribution in [0, 0.1) is 5.92 Å². The second kappa shape index (κ2) is 6.08. The molecule has 0 aromatic rings. The molecule has 1 saturated heterocycles. The predicted molar refractivity (Wildman–Crippen MR) is 76.9 cm³/mol. The third-order valence-electron chi connectivity index (χ3n) is 4.72. The summed E-state index contributed by atoms with van der Waals surface area (Å²) < 4.78 is 11.7. The van der Waals surface area contributed by atoms with Gasteiger partial charge in [0.1, 0.15) is 0 Å². The molecule has 3 unspecified atom stereocenters. The Morgan fingerprint density at radius 3 is 2.47 bits per heavy atom. The van der Waals surface area contributed by atoms with Gasteiger partial charge < -0.3 is 15.2 Å². The molecule has 2 rings (SSSR count). The van der Waals surface area contributed by atoms with Gasteiger partial charge in [-0.2, -0.15) is 0 Å². The molecule has 112 valence electrons. The van der Waals surface area contributed by atoms with Gasteiger partial charge in [-0.1, -0.05) is 13.8 Å². The van der Waals surface area contributed by atoms with Crippen LogP contribution in [-0.4, -0.2) is 49.1 Å². The maximum atomic E-state index is 6.35. The maximum Gasteiger partial charge on any atom is 0.170 e. The van der Waals surface area contributed by atoms with Crippen molar-refractivity contribution in [3.8, 4) is 0 Å². The van der Waals surface area contributed by atoms with Gasteiger partial charge in [-0.25, -0.2) is 0 Å². The molecule has 2 fully saturated rings. The highest BCUT2D eigenvalue weighted by atomic mass is 16.7. The molecular formula is C15H30N2O2. The number of ether oxygens (including phenoxy) is 2. The zero-order chi connectivity index (χ0) is 14.0. The number of rotatable bonds is 4. The van der Waals surface area contributed by atoms with Crippen molar-refractivity contribution in [2.24, 2.45) is 11.7 Å². The normalized spacial score (nSPS) is 32.4. The molecule has 3 atom stereocenters. The Morgan fingerprint density at radius 1 is 1.26 bits per heavy atom. The van der Waals surface area contributed by atoms with Crippen LogP contribution in [0.2, 0.25) is 0 Å². The first kappa shape index (κ1) is 15.2. The minimum atomic E-state index is -0.341. The molecule has 1 aliphatic carbocycles. The lowest BCUT2D eigenvalue weighted by molar-refractivity contribution is -0.192. The van der Waals surface area contributed by atoms with Crippen LogP contribution in [-0.2, 0) is 9.47 Å². The van der Waals surface area contributed by atoms with Crippen LogP contribution in [0.15, 0.2) is 0 Å². The van der Waals surface area contributed by atoms with Crippen molar-refractivity contribution < 1.29 is 9.47 Å². The van der Waals surface area contributed by atoms with Crippen molar-refractivity contribution in [2.45, 2.75) is 70.4 Å². The van der Waals surface area contributed by atoms with E-state index in [1.807, 2.05) is 0 Å². The highest BCUT2D eigenvalue weighted by Crippen LogP contribution is 2.37. The molecule has 0 aromatic carbocycles. The third-order valence-corrected chi connectivity index (χ3v) is 4.72. The predicted octanol–water partition coefficient (Wildman–Crippen LogP) is 1.98. The molecule has 1 heterocycles. The van der Waals surface area contributed by atoms with E-state index in [1.54, 1.807) is 0 Å². The molecule has 0 amide bonds. The zero-order valence-electron chi connectivity index (χ0n) is 12.9. The minimum absolute atomic E-state index is 0.234. The fourth-order valence-electron chi connectivity index (χ4n) is 3.53. The van der Waals surface area contributed by atoms with Gasteiger partial charge >= 0.3 is 0 Å². The Balaban J connectivity index is 1.99. The Morgan fingerprint density at radius 2 is 1.89 bits per heavy atom. The summed E-state index contributed by atoms with van der Waals surface area (Å²) in [6.07, 6.45) is 4.04. The van der Waals surface area contributed by atoms with Crippen LogP contribution in [0.4, 0.5) is 0 Å². The first-order chi connectivity index (χ1) is 8.93. The number of hydrogen-bond donors (Lipinski definition) is 1. The molecule has 4 heteroatoms. The number of nitrogens with zero attached hydrogens (tertiary/aromatic N) is 1. The van der Waals surface area contributed by atoms with Crippen LogP contribution in [0.3, 0.4) is 0 Å². The summed E-state index contributed by atoms with van der Waals surface area (Å²) in [6.45, 7) is 8.30. The first-order valence-corrected chi connectivity index (χ1v) is 7.69. The van der Waals surface area contributed by atoms with Gasteiger partial charge in [-0.15, -0.1) is 0 Å². The number of nitrogens with two attached hydrogens (primary N) is 1. The van der Waals surface area contributed by atoms with Gasteiger partial charge in [0.15, 0.2) is 5.79 Å². The average Bonchev–Trinajstić information content (AvgIpc) is 2.79. The Bertz CT molecular complexity index is 290. The second-order valence-electron chi connectivity index (χ2n) is 6.73. The van der Waals surface area contributed by atoms with E-state index in [9.17, 15) is 0 Å². The van der Waals surface area contributed by atoms with Crippen LogP contribution in [0.5, 0.6) is 0 Å². The van der Waals surface area contributed by atoms with E-state index < -0.39 is 0 Å². The standard InChI is InChI=1S/C15H30N2O2/c1-11(2)9-12(3)17(4)14-10-15(6-5-13(14)16)18-7-8-19-15/h11-14H,5-10,16H2,1-4H3. The van der Waals surface area contributed by atoms with Crippen molar-refractivity contribution in [3.05, 3.63) is 0 Å². The van der Waals surface area contributed by atoms with Crippen LogP contribution in [0.1, 0.15) is 46.5 Å². The van der Waals surface area contributed by atoms with Crippen molar-refractivity contribution in [1.29, 1.82) is 0 Å². The monoisotopic (exact) mass is 270 g/mol. The van der Waals surface area contributed by atoms with Gasteiger partial charge in [-0.05, 0) is 32.7 Å². The summed E-state index contributed by atoms with van der Waals surface area (Å²) in [6, 6.07) is 1.14. The van der Waals surface area contributed by atoms with Gasteiger partial charge in [0.2, 0.25) is 0 Å². The lowest BCUT2D eigenvalue weighted by Gasteiger charge is -2.45. The Kier molecular flexibility index (Phi) is 4.88. The Labute approximate surface area is 117 Å². The lowest BCUT2D eigenvalue weighted by Crippen LogP contribution is -2.57. The van der Waals surface area contributed by atoms with Crippen molar-refractivity contribution in [3.63, 3.8) is 0 Å². The molecule has 19 heavy (non-hydrogen) atoms. The van der Waals surface area contributed by atoms with Crippen molar-refractivity contribution in [1.82, 2.24) is 4.90 Å². The maximum absolute atomic E-state index is 6.35. The summed E-state index contributed by atoms with van der Waals surface area (Å²) in [4.78, 5) is 2.44. The zero-order valence-corrected chi connectivity index (χ0v) is 12.9. The average molecular weight is 270 g/mol. The van der Waals surface area contributed by atoms with Crippen LogP contribution in [0.25, 0.3) is 0 Å². The van der Waals surface area contributed by atoms with Crippen molar-refractivity contribution >= 4 is 0 Å². The van der Waals surface area contributed by atoms with E-state index in [0.717, 1.165) is 32.5 Å². The molecule has 2 N–H and O–H groups in total. The topological polar surface area (TPSA) is 47.7 Å². The molecule has 4 nitrogen and oxygen atoms in total. The van der Waals surface area contributed by atoms with E-state index >= 15 is 0 Å². The minimum Gasteiger partial charge on any atom is -0.347 e. The SMILES string of the molecule is CC(C)CC(C)N(C)C1CC2(CCC1N)OCCO2. The quantitative estimate of drug-likeness (QED) is 0.848. The summed E-state index contributed by atoms with van der Waals surface area (Å²) >= 11 is 0. The van der Waals surface area contributed by atoms with Gasteiger partial charge in [-0.3, -0.25) is 4.90 Å². The summed E-state index contributed by atoms with van der Waals surface area (Å²) in [5, 5.41) is 0. The second-order valence-corrected chi connectivity index (χ2v) is 6.73. The van der Waals surface area contributed by atoms with Crippen LogP contribution < -0.4 is 5.73 Å². The van der Waals surface area contributed by atoms with Gasteiger partial charge in [0.25, 0.3) is 0 Å². The van der Waals surface area contributed by atoms with E-state index in [4.69, 9.17) is 15.2 Å².